The van der Waals surface area contributed by atoms with Gasteiger partial charge in [0.15, 0.2) is 0 Å². The number of benzene rings is 1. The second kappa shape index (κ2) is 6.53. The van der Waals surface area contributed by atoms with Gasteiger partial charge in [0.25, 0.3) is 0 Å². The molecule has 0 amide bonds. The second-order valence-corrected chi connectivity index (χ2v) is 6.31. The molecule has 0 aliphatic heterocycles. The largest absolute Gasteiger partial charge is 0.314 e. The Morgan fingerprint density at radius 2 is 2.00 bits per heavy atom. The van der Waals surface area contributed by atoms with Crippen molar-refractivity contribution in [3.05, 3.63) is 35.4 Å². The van der Waals surface area contributed by atoms with Crippen LogP contribution in [-0.4, -0.2) is 30.6 Å². The van der Waals surface area contributed by atoms with E-state index in [1.165, 1.54) is 30.5 Å². The second-order valence-electron chi connectivity index (χ2n) is 6.31. The van der Waals surface area contributed by atoms with E-state index in [1.807, 2.05) is 0 Å². The van der Waals surface area contributed by atoms with E-state index in [4.69, 9.17) is 0 Å². The first-order valence-corrected chi connectivity index (χ1v) is 7.56. The van der Waals surface area contributed by atoms with Crippen molar-refractivity contribution in [1.29, 1.82) is 0 Å². The molecule has 0 bridgehead atoms. The van der Waals surface area contributed by atoms with Gasteiger partial charge >= 0.3 is 0 Å². The lowest BCUT2D eigenvalue weighted by atomic mass is 9.78. The number of rotatable bonds is 6. The van der Waals surface area contributed by atoms with Crippen LogP contribution in [0, 0.1) is 12.8 Å². The molecule has 0 aromatic heterocycles. The summed E-state index contributed by atoms with van der Waals surface area (Å²) in [4.78, 5) is 2.54. The first-order chi connectivity index (χ1) is 9.08. The summed E-state index contributed by atoms with van der Waals surface area (Å²) in [5, 5.41) is 3.58. The zero-order chi connectivity index (χ0) is 13.8. The van der Waals surface area contributed by atoms with Crippen molar-refractivity contribution in [2.24, 2.45) is 5.92 Å². The normalized spacial score (nSPS) is 22.8. The van der Waals surface area contributed by atoms with Gasteiger partial charge in [-0.25, -0.2) is 0 Å². The average molecular weight is 260 g/mol. The monoisotopic (exact) mass is 260 g/mol. The highest BCUT2D eigenvalue weighted by Gasteiger charge is 2.33. The summed E-state index contributed by atoms with van der Waals surface area (Å²) in [6, 6.07) is 10.1. The molecular weight excluding hydrogens is 232 g/mol. The van der Waals surface area contributed by atoms with E-state index in [9.17, 15) is 0 Å². The molecule has 19 heavy (non-hydrogen) atoms. The fourth-order valence-corrected chi connectivity index (χ4v) is 2.93. The van der Waals surface area contributed by atoms with Crippen molar-refractivity contribution >= 4 is 0 Å². The van der Waals surface area contributed by atoms with Crippen LogP contribution in [0.2, 0.25) is 0 Å². The number of hydrogen-bond donors (Lipinski definition) is 1. The number of hydrogen-bond acceptors (Lipinski definition) is 2. The summed E-state index contributed by atoms with van der Waals surface area (Å²) in [6.45, 7) is 8.91. The van der Waals surface area contributed by atoms with Crippen molar-refractivity contribution in [1.82, 2.24) is 10.2 Å². The minimum atomic E-state index is 0.600. The summed E-state index contributed by atoms with van der Waals surface area (Å²) >= 11 is 0. The molecule has 1 aromatic rings. The standard InChI is InChI=1S/C17H28N2/c1-13(2)18-11-15-9-10-17(15)19(4)12-16-8-6-5-7-14(16)3/h5-8,13,15,17-18H,9-12H2,1-4H3. The SMILES string of the molecule is Cc1ccccc1CN(C)C1CCC1CNC(C)C. The number of nitrogens with zero attached hydrogens (tertiary/aromatic N) is 1. The maximum absolute atomic E-state index is 3.58. The fraction of sp³-hybridized carbons (Fsp3) is 0.647. The van der Waals surface area contributed by atoms with Crippen molar-refractivity contribution in [2.75, 3.05) is 13.6 Å². The molecule has 2 heteroatoms. The van der Waals surface area contributed by atoms with E-state index in [0.29, 0.717) is 6.04 Å². The third-order valence-electron chi connectivity index (χ3n) is 4.41. The Morgan fingerprint density at radius 1 is 1.26 bits per heavy atom. The third kappa shape index (κ3) is 3.80. The molecule has 1 saturated carbocycles. The van der Waals surface area contributed by atoms with Crippen LogP contribution in [-0.2, 0) is 6.54 Å². The molecule has 0 heterocycles. The van der Waals surface area contributed by atoms with Gasteiger partial charge in [-0.05, 0) is 50.4 Å². The fourth-order valence-electron chi connectivity index (χ4n) is 2.93. The summed E-state index contributed by atoms with van der Waals surface area (Å²) in [7, 11) is 2.28. The molecule has 1 aromatic carbocycles. The summed E-state index contributed by atoms with van der Waals surface area (Å²) in [5.74, 6) is 0.830. The highest BCUT2D eigenvalue weighted by atomic mass is 15.1. The summed E-state index contributed by atoms with van der Waals surface area (Å²) in [6.07, 6.45) is 2.73. The minimum Gasteiger partial charge on any atom is -0.314 e. The van der Waals surface area contributed by atoms with Crippen LogP contribution in [0.15, 0.2) is 24.3 Å². The van der Waals surface area contributed by atoms with Crippen molar-refractivity contribution < 1.29 is 0 Å². The zero-order valence-corrected chi connectivity index (χ0v) is 12.8. The van der Waals surface area contributed by atoms with Crippen molar-refractivity contribution in [3.63, 3.8) is 0 Å². The molecule has 1 fully saturated rings. The first kappa shape index (κ1) is 14.5. The van der Waals surface area contributed by atoms with Gasteiger partial charge in [-0.15, -0.1) is 0 Å². The molecule has 0 radical (unpaired) electrons. The Hall–Kier alpha value is -0.860. The van der Waals surface area contributed by atoms with E-state index in [1.54, 1.807) is 0 Å². The molecule has 2 rings (SSSR count). The topological polar surface area (TPSA) is 15.3 Å². The highest BCUT2D eigenvalue weighted by molar-refractivity contribution is 5.25. The molecule has 1 aliphatic rings. The predicted molar refractivity (Wildman–Crippen MR) is 82.3 cm³/mol. The van der Waals surface area contributed by atoms with Gasteiger partial charge in [-0.3, -0.25) is 4.90 Å². The summed E-state index contributed by atoms with van der Waals surface area (Å²) in [5.41, 5.74) is 2.87. The van der Waals surface area contributed by atoms with Crippen LogP contribution in [0.25, 0.3) is 0 Å². The highest BCUT2D eigenvalue weighted by Crippen LogP contribution is 2.32. The molecule has 0 spiro atoms. The van der Waals surface area contributed by atoms with E-state index >= 15 is 0 Å². The lowest BCUT2D eigenvalue weighted by Crippen LogP contribution is -2.49. The van der Waals surface area contributed by atoms with E-state index in [0.717, 1.165) is 18.5 Å². The minimum absolute atomic E-state index is 0.600. The predicted octanol–water partition coefficient (Wildman–Crippen LogP) is 3.20. The molecule has 1 N–H and O–H groups in total. The van der Waals surface area contributed by atoms with Crippen molar-refractivity contribution in [3.8, 4) is 0 Å². The Bertz CT molecular complexity index is 400. The smallest absolute Gasteiger partial charge is 0.0236 e. The Labute approximate surface area is 118 Å². The van der Waals surface area contributed by atoms with Gasteiger partial charge in [-0.1, -0.05) is 38.1 Å². The lowest BCUT2D eigenvalue weighted by Gasteiger charge is -2.43. The Morgan fingerprint density at radius 3 is 2.58 bits per heavy atom. The van der Waals surface area contributed by atoms with Crippen LogP contribution < -0.4 is 5.32 Å². The van der Waals surface area contributed by atoms with Gasteiger partial charge < -0.3 is 5.32 Å². The Balaban J connectivity index is 1.86. The molecule has 2 atom stereocenters. The number of nitrogens with one attached hydrogen (secondary N) is 1. The molecule has 1 aliphatic carbocycles. The van der Waals surface area contributed by atoms with Crippen molar-refractivity contribution in [2.45, 2.75) is 52.2 Å². The van der Waals surface area contributed by atoms with E-state index < -0.39 is 0 Å². The molecule has 106 valence electrons. The van der Waals surface area contributed by atoms with Gasteiger partial charge in [-0.2, -0.15) is 0 Å². The van der Waals surface area contributed by atoms with E-state index in [-0.39, 0.29) is 0 Å². The first-order valence-electron chi connectivity index (χ1n) is 7.56. The van der Waals surface area contributed by atoms with Crippen LogP contribution in [0.3, 0.4) is 0 Å². The van der Waals surface area contributed by atoms with Gasteiger partial charge in [0, 0.05) is 18.6 Å². The molecular formula is C17H28N2. The maximum Gasteiger partial charge on any atom is 0.0236 e. The van der Waals surface area contributed by atoms with Crippen LogP contribution >= 0.6 is 0 Å². The number of aryl methyl sites for hydroxylation is 1. The van der Waals surface area contributed by atoms with E-state index in [2.05, 4.69) is 62.3 Å². The third-order valence-corrected chi connectivity index (χ3v) is 4.41. The van der Waals surface area contributed by atoms with Gasteiger partial charge in [0.1, 0.15) is 0 Å². The summed E-state index contributed by atoms with van der Waals surface area (Å²) < 4.78 is 0. The lowest BCUT2D eigenvalue weighted by molar-refractivity contribution is 0.0767. The van der Waals surface area contributed by atoms with Crippen LogP contribution in [0.4, 0.5) is 0 Å². The van der Waals surface area contributed by atoms with Gasteiger partial charge in [0.05, 0.1) is 0 Å². The van der Waals surface area contributed by atoms with Crippen LogP contribution in [0.5, 0.6) is 0 Å². The molecule has 2 unspecified atom stereocenters. The zero-order valence-electron chi connectivity index (χ0n) is 12.8. The molecule has 0 saturated heterocycles. The Kier molecular flexibility index (Phi) is 5.00. The molecule has 2 nitrogen and oxygen atoms in total. The van der Waals surface area contributed by atoms with Gasteiger partial charge in [0.2, 0.25) is 0 Å². The van der Waals surface area contributed by atoms with Crippen LogP contribution in [0.1, 0.15) is 37.8 Å². The average Bonchev–Trinajstić information content (AvgIpc) is 2.30. The quantitative estimate of drug-likeness (QED) is 0.845. The maximum atomic E-state index is 3.58.